The number of nitro benzene ring substituents is 1. The number of para-hydroxylation sites is 2. The maximum absolute atomic E-state index is 12.0. The Balaban J connectivity index is 1.86. The molecule has 2 rings (SSSR count). The molecule has 0 aromatic heterocycles. The van der Waals surface area contributed by atoms with Crippen molar-refractivity contribution < 1.29 is 9.72 Å². The van der Waals surface area contributed by atoms with Crippen LogP contribution in [0.25, 0.3) is 0 Å². The Hall–Kier alpha value is -2.89. The van der Waals surface area contributed by atoms with Crippen molar-refractivity contribution in [3.63, 3.8) is 0 Å². The van der Waals surface area contributed by atoms with E-state index in [1.165, 1.54) is 11.6 Å². The third kappa shape index (κ3) is 5.31. The van der Waals surface area contributed by atoms with Crippen LogP contribution in [0.15, 0.2) is 48.5 Å². The lowest BCUT2D eigenvalue weighted by molar-refractivity contribution is -0.384. The molecule has 0 radical (unpaired) electrons. The number of amides is 1. The maximum atomic E-state index is 12.0. The first kappa shape index (κ1) is 18.4. The molecule has 0 spiro atoms. The van der Waals surface area contributed by atoms with Gasteiger partial charge in [0.1, 0.15) is 5.69 Å². The Bertz CT molecular complexity index is 749. The molecule has 0 saturated carbocycles. The number of carbonyl (C=O) groups excluding carboxylic acids is 1. The van der Waals surface area contributed by atoms with Gasteiger partial charge in [0.05, 0.1) is 4.92 Å². The van der Waals surface area contributed by atoms with Crippen LogP contribution in [0.3, 0.4) is 0 Å². The van der Waals surface area contributed by atoms with Crippen molar-refractivity contribution in [3.8, 4) is 0 Å². The van der Waals surface area contributed by atoms with Crippen molar-refractivity contribution in [1.29, 1.82) is 0 Å². The highest BCUT2D eigenvalue weighted by Crippen LogP contribution is 2.24. The van der Waals surface area contributed by atoms with Gasteiger partial charge in [0, 0.05) is 24.7 Å². The molecule has 0 bridgehead atoms. The summed E-state index contributed by atoms with van der Waals surface area (Å²) in [5, 5.41) is 16.7. The van der Waals surface area contributed by atoms with E-state index < -0.39 is 4.92 Å². The van der Waals surface area contributed by atoms with Gasteiger partial charge in [-0.15, -0.1) is 0 Å². The summed E-state index contributed by atoms with van der Waals surface area (Å²) >= 11 is 0. The van der Waals surface area contributed by atoms with Gasteiger partial charge in [0.15, 0.2) is 0 Å². The standard InChI is InChI=1S/C19H23N3O3/c1-19(2,3)14-8-10-15(11-9-14)21-18(23)12-13-20-16-6-4-5-7-17(16)22(24)25/h4-11,20H,12-13H2,1-3H3,(H,21,23). The van der Waals surface area contributed by atoms with E-state index in [-0.39, 0.29) is 23.4 Å². The zero-order chi connectivity index (χ0) is 18.4. The van der Waals surface area contributed by atoms with Gasteiger partial charge in [-0.05, 0) is 29.2 Å². The van der Waals surface area contributed by atoms with Gasteiger partial charge in [-0.3, -0.25) is 14.9 Å². The van der Waals surface area contributed by atoms with E-state index in [1.807, 2.05) is 24.3 Å². The van der Waals surface area contributed by atoms with Gasteiger partial charge in [-0.25, -0.2) is 0 Å². The van der Waals surface area contributed by atoms with Crippen LogP contribution in [-0.4, -0.2) is 17.4 Å². The number of nitrogens with one attached hydrogen (secondary N) is 2. The monoisotopic (exact) mass is 341 g/mol. The van der Waals surface area contributed by atoms with E-state index in [1.54, 1.807) is 18.2 Å². The number of rotatable bonds is 6. The highest BCUT2D eigenvalue weighted by atomic mass is 16.6. The molecule has 25 heavy (non-hydrogen) atoms. The molecule has 2 N–H and O–H groups in total. The predicted molar refractivity (Wildman–Crippen MR) is 100.0 cm³/mol. The number of hydrogen-bond donors (Lipinski definition) is 2. The van der Waals surface area contributed by atoms with E-state index >= 15 is 0 Å². The van der Waals surface area contributed by atoms with Crippen molar-refractivity contribution in [2.75, 3.05) is 17.2 Å². The predicted octanol–water partition coefficient (Wildman–Crippen LogP) is 4.33. The van der Waals surface area contributed by atoms with Crippen LogP contribution in [0.4, 0.5) is 17.1 Å². The average Bonchev–Trinajstić information content (AvgIpc) is 2.55. The van der Waals surface area contributed by atoms with Crippen molar-refractivity contribution in [2.45, 2.75) is 32.6 Å². The summed E-state index contributed by atoms with van der Waals surface area (Å²) in [4.78, 5) is 22.5. The first-order chi connectivity index (χ1) is 11.8. The van der Waals surface area contributed by atoms with Crippen LogP contribution in [-0.2, 0) is 10.2 Å². The summed E-state index contributed by atoms with van der Waals surface area (Å²) in [7, 11) is 0. The van der Waals surface area contributed by atoms with Crippen LogP contribution in [0.1, 0.15) is 32.8 Å². The lowest BCUT2D eigenvalue weighted by Gasteiger charge is -2.19. The highest BCUT2D eigenvalue weighted by molar-refractivity contribution is 5.91. The Labute approximate surface area is 147 Å². The first-order valence-corrected chi connectivity index (χ1v) is 8.15. The SMILES string of the molecule is CC(C)(C)c1ccc(NC(=O)CCNc2ccccc2[N+](=O)[O-])cc1. The lowest BCUT2D eigenvalue weighted by Crippen LogP contribution is -2.17. The molecule has 2 aromatic rings. The Morgan fingerprint density at radius 3 is 2.32 bits per heavy atom. The largest absolute Gasteiger partial charge is 0.379 e. The third-order valence-corrected chi connectivity index (χ3v) is 3.80. The van der Waals surface area contributed by atoms with Gasteiger partial charge in [0.2, 0.25) is 5.91 Å². The minimum atomic E-state index is -0.445. The van der Waals surface area contributed by atoms with Crippen molar-refractivity contribution >= 4 is 23.0 Å². The summed E-state index contributed by atoms with van der Waals surface area (Å²) in [6.07, 6.45) is 0.215. The molecule has 0 aliphatic rings. The summed E-state index contributed by atoms with van der Waals surface area (Å²) in [5.74, 6) is -0.144. The van der Waals surface area contributed by atoms with E-state index in [0.29, 0.717) is 12.2 Å². The molecular formula is C19H23N3O3. The minimum Gasteiger partial charge on any atom is -0.379 e. The van der Waals surface area contributed by atoms with Gasteiger partial charge < -0.3 is 10.6 Å². The van der Waals surface area contributed by atoms with Crippen LogP contribution in [0, 0.1) is 10.1 Å². The maximum Gasteiger partial charge on any atom is 0.292 e. The van der Waals surface area contributed by atoms with E-state index in [0.717, 1.165) is 5.69 Å². The Morgan fingerprint density at radius 1 is 1.08 bits per heavy atom. The zero-order valence-electron chi connectivity index (χ0n) is 14.7. The van der Waals surface area contributed by atoms with Crippen molar-refractivity contribution in [1.82, 2.24) is 0 Å². The summed E-state index contributed by atoms with van der Waals surface area (Å²) in [6, 6.07) is 14.1. The number of carbonyl (C=O) groups is 1. The van der Waals surface area contributed by atoms with Crippen LogP contribution in [0.5, 0.6) is 0 Å². The Kier molecular flexibility index (Phi) is 5.75. The van der Waals surface area contributed by atoms with Crippen molar-refractivity contribution in [3.05, 3.63) is 64.2 Å². The lowest BCUT2D eigenvalue weighted by atomic mass is 9.87. The molecule has 0 fully saturated rings. The molecule has 0 aliphatic carbocycles. The second kappa shape index (κ2) is 7.79. The van der Waals surface area contributed by atoms with Gasteiger partial charge >= 0.3 is 0 Å². The van der Waals surface area contributed by atoms with Gasteiger partial charge in [-0.2, -0.15) is 0 Å². The molecule has 6 nitrogen and oxygen atoms in total. The van der Waals surface area contributed by atoms with Gasteiger partial charge in [0.25, 0.3) is 5.69 Å². The first-order valence-electron chi connectivity index (χ1n) is 8.15. The zero-order valence-corrected chi connectivity index (χ0v) is 14.7. The summed E-state index contributed by atoms with van der Waals surface area (Å²) in [6.45, 7) is 6.72. The number of benzene rings is 2. The van der Waals surface area contributed by atoms with E-state index in [9.17, 15) is 14.9 Å². The summed E-state index contributed by atoms with van der Waals surface area (Å²) in [5.41, 5.74) is 2.42. The molecule has 132 valence electrons. The van der Waals surface area contributed by atoms with Crippen LogP contribution >= 0.6 is 0 Å². The van der Waals surface area contributed by atoms with Crippen molar-refractivity contribution in [2.24, 2.45) is 0 Å². The number of nitro groups is 1. The topological polar surface area (TPSA) is 84.3 Å². The highest BCUT2D eigenvalue weighted by Gasteiger charge is 2.14. The molecule has 0 unspecified atom stereocenters. The summed E-state index contributed by atoms with van der Waals surface area (Å²) < 4.78 is 0. The fourth-order valence-electron chi connectivity index (χ4n) is 2.37. The van der Waals surface area contributed by atoms with E-state index in [2.05, 4.69) is 31.4 Å². The third-order valence-electron chi connectivity index (χ3n) is 3.80. The van der Waals surface area contributed by atoms with Crippen LogP contribution in [0.2, 0.25) is 0 Å². The Morgan fingerprint density at radius 2 is 1.72 bits per heavy atom. The smallest absolute Gasteiger partial charge is 0.292 e. The molecule has 0 aliphatic heterocycles. The number of nitrogens with zero attached hydrogens (tertiary/aromatic N) is 1. The molecule has 0 saturated heterocycles. The number of anilines is 2. The molecule has 0 atom stereocenters. The second-order valence-electron chi connectivity index (χ2n) is 6.83. The average molecular weight is 341 g/mol. The number of hydrogen-bond acceptors (Lipinski definition) is 4. The molecule has 1 amide bonds. The van der Waals surface area contributed by atoms with E-state index in [4.69, 9.17) is 0 Å². The minimum absolute atomic E-state index is 0.000627. The molecule has 0 heterocycles. The molecule has 6 heteroatoms. The fourth-order valence-corrected chi connectivity index (χ4v) is 2.37. The van der Waals surface area contributed by atoms with Crippen LogP contribution < -0.4 is 10.6 Å². The molecule has 2 aromatic carbocycles. The van der Waals surface area contributed by atoms with Gasteiger partial charge in [-0.1, -0.05) is 45.0 Å². The normalized spacial score (nSPS) is 11.0. The molecular weight excluding hydrogens is 318 g/mol. The second-order valence-corrected chi connectivity index (χ2v) is 6.83. The fraction of sp³-hybridized carbons (Fsp3) is 0.316. The quantitative estimate of drug-likeness (QED) is 0.605.